The Morgan fingerprint density at radius 1 is 1.39 bits per heavy atom. The summed E-state index contributed by atoms with van der Waals surface area (Å²) in [5, 5.41) is 9.45. The average molecular weight is 270 g/mol. The highest BCUT2D eigenvalue weighted by molar-refractivity contribution is 7.07. The molecule has 96 valence electrons. The van der Waals surface area contributed by atoms with Gasteiger partial charge in [0.2, 0.25) is 0 Å². The maximum absolute atomic E-state index is 13.7. The molecule has 0 amide bonds. The van der Waals surface area contributed by atoms with Gasteiger partial charge in [-0.05, 0) is 12.1 Å². The van der Waals surface area contributed by atoms with Gasteiger partial charge >= 0.3 is 0 Å². The summed E-state index contributed by atoms with van der Waals surface area (Å²) < 4.78 is 33.2. The smallest absolute Gasteiger partial charge is 0.182 e. The van der Waals surface area contributed by atoms with Crippen LogP contribution in [0.2, 0.25) is 0 Å². The fourth-order valence-electron chi connectivity index (χ4n) is 1.66. The first-order chi connectivity index (χ1) is 8.63. The largest absolute Gasteiger partial charge is 0.383 e. The van der Waals surface area contributed by atoms with Gasteiger partial charge in [-0.15, -0.1) is 11.3 Å². The van der Waals surface area contributed by atoms with E-state index in [0.717, 1.165) is 6.07 Å². The van der Waals surface area contributed by atoms with Gasteiger partial charge in [0.25, 0.3) is 0 Å². The minimum atomic E-state index is -0.626. The summed E-state index contributed by atoms with van der Waals surface area (Å²) in [6, 6.07) is 3.44. The quantitative estimate of drug-likeness (QED) is 0.911. The number of hydrogen-bond acceptors (Lipinski definition) is 3. The van der Waals surface area contributed by atoms with Gasteiger partial charge in [-0.3, -0.25) is 5.41 Å². The Balaban J connectivity index is 2.47. The molecule has 3 nitrogen and oxygen atoms in total. The highest BCUT2D eigenvalue weighted by atomic mass is 32.1. The Bertz CT molecular complexity index is 606. The van der Waals surface area contributed by atoms with Crippen molar-refractivity contribution >= 4 is 11.3 Å². The van der Waals surface area contributed by atoms with Gasteiger partial charge in [0.05, 0.1) is 12.3 Å². The molecule has 0 fully saturated rings. The Kier molecular flexibility index (Phi) is 3.88. The number of methoxy groups -OCH3 is 1. The molecule has 0 aliphatic heterocycles. The third-order valence-electron chi connectivity index (χ3n) is 2.54. The predicted octanol–water partition coefficient (Wildman–Crippen LogP) is 2.62. The molecule has 0 saturated heterocycles. The molecule has 6 heteroatoms. The minimum absolute atomic E-state index is 0.294. The molecule has 0 saturated carbocycles. The van der Waals surface area contributed by atoms with E-state index in [0.29, 0.717) is 29.2 Å². The number of ether oxygens (including phenoxy) is 1. The van der Waals surface area contributed by atoms with Crippen LogP contribution in [-0.2, 0) is 11.3 Å². The lowest BCUT2D eigenvalue weighted by molar-refractivity contribution is 0.187. The van der Waals surface area contributed by atoms with Gasteiger partial charge in [0.15, 0.2) is 4.80 Å². The van der Waals surface area contributed by atoms with Crippen molar-refractivity contribution in [2.75, 3.05) is 13.7 Å². The first-order valence-electron chi connectivity index (χ1n) is 5.30. The second-order valence-corrected chi connectivity index (χ2v) is 4.55. The highest BCUT2D eigenvalue weighted by Gasteiger charge is 2.12. The number of benzene rings is 1. The summed E-state index contributed by atoms with van der Waals surface area (Å²) in [6.45, 7) is 0.897. The van der Waals surface area contributed by atoms with Crippen LogP contribution in [-0.4, -0.2) is 18.3 Å². The van der Waals surface area contributed by atoms with E-state index in [-0.39, 0.29) is 0 Å². The molecule has 0 aliphatic rings. The van der Waals surface area contributed by atoms with Gasteiger partial charge in [-0.25, -0.2) is 8.78 Å². The topological polar surface area (TPSA) is 38.0 Å². The molecule has 2 rings (SSSR count). The van der Waals surface area contributed by atoms with Crippen molar-refractivity contribution in [3.05, 3.63) is 40.0 Å². The molecule has 0 bridgehead atoms. The maximum Gasteiger partial charge on any atom is 0.182 e. The average Bonchev–Trinajstić information content (AvgIpc) is 2.68. The van der Waals surface area contributed by atoms with E-state index in [1.54, 1.807) is 17.1 Å². The zero-order valence-corrected chi connectivity index (χ0v) is 10.6. The number of hydrogen-bond donors (Lipinski definition) is 1. The van der Waals surface area contributed by atoms with Gasteiger partial charge < -0.3 is 9.30 Å². The molecule has 18 heavy (non-hydrogen) atoms. The lowest BCUT2D eigenvalue weighted by atomic mass is 10.1. The van der Waals surface area contributed by atoms with Crippen molar-refractivity contribution < 1.29 is 13.5 Å². The standard InChI is InChI=1S/C12H12F2N2OS/c1-17-5-4-16-11(7-18-12(16)15)9-3-2-8(13)6-10(9)14/h2-3,6-7,15H,4-5H2,1H3. The lowest BCUT2D eigenvalue weighted by Crippen LogP contribution is -2.17. The monoisotopic (exact) mass is 270 g/mol. The van der Waals surface area contributed by atoms with Crippen molar-refractivity contribution in [2.24, 2.45) is 0 Å². The summed E-state index contributed by atoms with van der Waals surface area (Å²) in [6.07, 6.45) is 0. The van der Waals surface area contributed by atoms with E-state index in [1.165, 1.54) is 23.5 Å². The van der Waals surface area contributed by atoms with Crippen molar-refractivity contribution in [3.63, 3.8) is 0 Å². The molecule has 1 aromatic carbocycles. The summed E-state index contributed by atoms with van der Waals surface area (Å²) in [7, 11) is 1.56. The number of nitrogens with one attached hydrogen (secondary N) is 1. The third kappa shape index (κ3) is 2.49. The molecule has 1 heterocycles. The van der Waals surface area contributed by atoms with Gasteiger partial charge in [0, 0.05) is 30.7 Å². The summed E-state index contributed by atoms with van der Waals surface area (Å²) in [4.78, 5) is 0.311. The lowest BCUT2D eigenvalue weighted by Gasteiger charge is -2.08. The van der Waals surface area contributed by atoms with Crippen molar-refractivity contribution in [2.45, 2.75) is 6.54 Å². The normalized spacial score (nSPS) is 10.8. The molecule has 0 unspecified atom stereocenters. The third-order valence-corrected chi connectivity index (χ3v) is 3.33. The molecule has 1 N–H and O–H groups in total. The van der Waals surface area contributed by atoms with E-state index in [2.05, 4.69) is 0 Å². The number of rotatable bonds is 4. The first kappa shape index (κ1) is 12.9. The van der Waals surface area contributed by atoms with E-state index >= 15 is 0 Å². The zero-order chi connectivity index (χ0) is 13.1. The fraction of sp³-hybridized carbons (Fsp3) is 0.250. The van der Waals surface area contributed by atoms with Crippen molar-refractivity contribution in [3.8, 4) is 11.3 Å². The van der Waals surface area contributed by atoms with Crippen LogP contribution in [0.25, 0.3) is 11.3 Å². The molecule has 0 aliphatic carbocycles. The molecule has 2 aromatic rings. The maximum atomic E-state index is 13.7. The summed E-state index contributed by atoms with van der Waals surface area (Å²) >= 11 is 1.20. The van der Waals surface area contributed by atoms with Crippen LogP contribution < -0.4 is 4.80 Å². The van der Waals surface area contributed by atoms with E-state index < -0.39 is 11.6 Å². The van der Waals surface area contributed by atoms with E-state index in [4.69, 9.17) is 10.1 Å². The number of nitrogens with zero attached hydrogens (tertiary/aromatic N) is 1. The van der Waals surface area contributed by atoms with E-state index in [1.807, 2.05) is 0 Å². The van der Waals surface area contributed by atoms with Crippen LogP contribution in [0.4, 0.5) is 8.78 Å². The predicted molar refractivity (Wildman–Crippen MR) is 65.4 cm³/mol. The summed E-state index contributed by atoms with van der Waals surface area (Å²) in [5.41, 5.74) is 0.863. The van der Waals surface area contributed by atoms with Crippen molar-refractivity contribution in [1.82, 2.24) is 4.57 Å². The second kappa shape index (κ2) is 5.41. The van der Waals surface area contributed by atoms with Crippen molar-refractivity contribution in [1.29, 1.82) is 5.41 Å². The molecular weight excluding hydrogens is 258 g/mol. The first-order valence-corrected chi connectivity index (χ1v) is 6.18. The Labute approximate surface area is 107 Å². The van der Waals surface area contributed by atoms with Gasteiger partial charge in [-0.2, -0.15) is 0 Å². The van der Waals surface area contributed by atoms with Crippen LogP contribution in [0.5, 0.6) is 0 Å². The Hall–Kier alpha value is -1.53. The van der Waals surface area contributed by atoms with Crippen LogP contribution >= 0.6 is 11.3 Å². The molecule has 0 atom stereocenters. The number of halogens is 2. The molecular formula is C12H12F2N2OS. The van der Waals surface area contributed by atoms with Crippen LogP contribution in [0.15, 0.2) is 23.6 Å². The highest BCUT2D eigenvalue weighted by Crippen LogP contribution is 2.23. The number of thiazole rings is 1. The fourth-order valence-corrected chi connectivity index (χ4v) is 2.45. The van der Waals surface area contributed by atoms with Gasteiger partial charge in [0.1, 0.15) is 11.6 Å². The van der Waals surface area contributed by atoms with Crippen LogP contribution in [0, 0.1) is 17.0 Å². The summed E-state index contributed by atoms with van der Waals surface area (Å²) in [5.74, 6) is -1.24. The Morgan fingerprint density at radius 3 is 2.83 bits per heavy atom. The SMILES string of the molecule is COCCn1c(-c2ccc(F)cc2F)csc1=N. The number of aromatic nitrogens is 1. The second-order valence-electron chi connectivity index (χ2n) is 3.69. The minimum Gasteiger partial charge on any atom is -0.383 e. The molecule has 1 aromatic heterocycles. The Morgan fingerprint density at radius 2 is 2.17 bits per heavy atom. The van der Waals surface area contributed by atoms with Gasteiger partial charge in [-0.1, -0.05) is 0 Å². The van der Waals surface area contributed by atoms with E-state index in [9.17, 15) is 8.78 Å². The zero-order valence-electron chi connectivity index (χ0n) is 9.74. The molecule has 0 radical (unpaired) electrons. The molecule has 0 spiro atoms. The van der Waals surface area contributed by atoms with Crippen LogP contribution in [0.1, 0.15) is 0 Å². The van der Waals surface area contributed by atoms with Crippen LogP contribution in [0.3, 0.4) is 0 Å².